The molecule has 0 fully saturated rings. The number of hydrogen-bond donors (Lipinski definition) is 2. The lowest BCUT2D eigenvalue weighted by molar-refractivity contribution is 0.0786. The zero-order chi connectivity index (χ0) is 13.5. The topological polar surface area (TPSA) is 60.8 Å². The highest BCUT2D eigenvalue weighted by molar-refractivity contribution is 6.17. The highest BCUT2D eigenvalue weighted by Gasteiger charge is 2.19. The van der Waals surface area contributed by atoms with Crippen molar-refractivity contribution in [1.29, 1.82) is 0 Å². The second-order valence-corrected chi connectivity index (χ2v) is 4.53. The first-order valence-corrected chi connectivity index (χ1v) is 6.43. The van der Waals surface area contributed by atoms with E-state index in [-0.39, 0.29) is 23.0 Å². The van der Waals surface area contributed by atoms with Gasteiger partial charge in [0.25, 0.3) is 5.91 Å². The first-order valence-electron chi connectivity index (χ1n) is 5.90. The number of unbranched alkanes of at least 4 members (excludes halogenated alkanes) is 2. The Morgan fingerprint density at radius 2 is 1.83 bits per heavy atom. The highest BCUT2D eigenvalue weighted by Crippen LogP contribution is 2.27. The molecule has 0 heterocycles. The first kappa shape index (κ1) is 14.6. The molecular formula is C13H18ClNO3. The number of hydrogen-bond acceptors (Lipinski definition) is 3. The monoisotopic (exact) mass is 271 g/mol. The number of carbonyl (C=O) groups excluding carboxylic acids is 1. The number of carbonyl (C=O) groups is 1. The van der Waals surface area contributed by atoms with E-state index in [1.54, 1.807) is 7.05 Å². The van der Waals surface area contributed by atoms with Crippen LogP contribution in [0, 0.1) is 0 Å². The van der Waals surface area contributed by atoms with Crippen molar-refractivity contribution in [1.82, 2.24) is 4.90 Å². The van der Waals surface area contributed by atoms with Crippen molar-refractivity contribution in [3.05, 3.63) is 23.8 Å². The molecule has 0 saturated carbocycles. The number of halogens is 1. The van der Waals surface area contributed by atoms with Crippen LogP contribution in [0.4, 0.5) is 0 Å². The van der Waals surface area contributed by atoms with Crippen molar-refractivity contribution in [3.8, 4) is 11.5 Å². The van der Waals surface area contributed by atoms with E-state index < -0.39 is 0 Å². The molecule has 4 nitrogen and oxygen atoms in total. The molecule has 100 valence electrons. The van der Waals surface area contributed by atoms with E-state index in [2.05, 4.69) is 0 Å². The third kappa shape index (κ3) is 3.81. The number of nitrogens with zero attached hydrogens (tertiary/aromatic N) is 1. The molecule has 2 N–H and O–H groups in total. The third-order valence-corrected chi connectivity index (χ3v) is 2.98. The van der Waals surface area contributed by atoms with Crippen molar-refractivity contribution in [2.75, 3.05) is 19.5 Å². The average Bonchev–Trinajstić information content (AvgIpc) is 2.34. The SMILES string of the molecule is CN(CCCCCCl)C(=O)c1c(O)cccc1O. The molecule has 0 aromatic heterocycles. The predicted octanol–water partition coefficient (Wildman–Crippen LogP) is 2.58. The van der Waals surface area contributed by atoms with Gasteiger partial charge >= 0.3 is 0 Å². The molecule has 1 aromatic rings. The molecule has 0 spiro atoms. The van der Waals surface area contributed by atoms with Crippen LogP contribution in [0.2, 0.25) is 0 Å². The van der Waals surface area contributed by atoms with Crippen molar-refractivity contribution >= 4 is 17.5 Å². The third-order valence-electron chi connectivity index (χ3n) is 2.71. The van der Waals surface area contributed by atoms with Crippen LogP contribution in [0.15, 0.2) is 18.2 Å². The van der Waals surface area contributed by atoms with Crippen molar-refractivity contribution < 1.29 is 15.0 Å². The van der Waals surface area contributed by atoms with Gasteiger partial charge in [-0.25, -0.2) is 0 Å². The van der Waals surface area contributed by atoms with E-state index in [0.29, 0.717) is 12.4 Å². The van der Waals surface area contributed by atoms with E-state index in [9.17, 15) is 15.0 Å². The maximum atomic E-state index is 12.0. The summed E-state index contributed by atoms with van der Waals surface area (Å²) in [5, 5.41) is 19.2. The second kappa shape index (κ2) is 7.11. The molecule has 1 amide bonds. The van der Waals surface area contributed by atoms with Crippen LogP contribution in [0.5, 0.6) is 11.5 Å². The van der Waals surface area contributed by atoms with E-state index in [0.717, 1.165) is 19.3 Å². The zero-order valence-electron chi connectivity index (χ0n) is 10.4. The van der Waals surface area contributed by atoms with Crippen molar-refractivity contribution in [2.45, 2.75) is 19.3 Å². The maximum absolute atomic E-state index is 12.0. The van der Waals surface area contributed by atoms with Gasteiger partial charge in [-0.05, 0) is 25.0 Å². The van der Waals surface area contributed by atoms with Crippen LogP contribution < -0.4 is 0 Å². The maximum Gasteiger partial charge on any atom is 0.261 e. The number of benzene rings is 1. The Morgan fingerprint density at radius 3 is 2.39 bits per heavy atom. The second-order valence-electron chi connectivity index (χ2n) is 4.15. The molecule has 0 aliphatic carbocycles. The standard InChI is InChI=1S/C13H18ClNO3/c1-15(9-4-2-3-8-14)13(18)12-10(16)6-5-7-11(12)17/h5-7,16-17H,2-4,8-9H2,1H3. The quantitative estimate of drug-likeness (QED) is 0.617. The summed E-state index contributed by atoms with van der Waals surface area (Å²) in [7, 11) is 1.65. The fourth-order valence-electron chi connectivity index (χ4n) is 1.66. The number of aromatic hydroxyl groups is 2. The van der Waals surface area contributed by atoms with Gasteiger partial charge in [-0.3, -0.25) is 4.79 Å². The van der Waals surface area contributed by atoms with Gasteiger partial charge < -0.3 is 15.1 Å². The summed E-state index contributed by atoms with van der Waals surface area (Å²) in [6, 6.07) is 4.25. The molecule has 0 unspecified atom stereocenters. The van der Waals surface area contributed by atoms with E-state index >= 15 is 0 Å². The molecule has 1 aromatic carbocycles. The molecule has 18 heavy (non-hydrogen) atoms. The summed E-state index contributed by atoms with van der Waals surface area (Å²) < 4.78 is 0. The van der Waals surface area contributed by atoms with Gasteiger partial charge in [-0.15, -0.1) is 11.6 Å². The lowest BCUT2D eigenvalue weighted by atomic mass is 10.1. The molecule has 0 saturated heterocycles. The largest absolute Gasteiger partial charge is 0.507 e. The minimum Gasteiger partial charge on any atom is -0.507 e. The summed E-state index contributed by atoms with van der Waals surface area (Å²) in [6.45, 7) is 0.573. The zero-order valence-corrected chi connectivity index (χ0v) is 11.2. The molecule has 5 heteroatoms. The molecule has 0 aliphatic rings. The molecule has 0 atom stereocenters. The summed E-state index contributed by atoms with van der Waals surface area (Å²) in [6.07, 6.45) is 2.72. The number of phenolic OH excluding ortho intramolecular Hbond substituents is 2. The van der Waals surface area contributed by atoms with Gasteiger partial charge in [0.1, 0.15) is 17.1 Å². The Hall–Kier alpha value is -1.42. The van der Waals surface area contributed by atoms with Gasteiger partial charge in [-0.1, -0.05) is 12.5 Å². The summed E-state index contributed by atoms with van der Waals surface area (Å²) in [4.78, 5) is 13.5. The molecular weight excluding hydrogens is 254 g/mol. The smallest absolute Gasteiger partial charge is 0.261 e. The van der Waals surface area contributed by atoms with Gasteiger partial charge in [0.2, 0.25) is 0 Å². The summed E-state index contributed by atoms with van der Waals surface area (Å²) in [5.41, 5.74) is -0.0441. The minimum atomic E-state index is -0.378. The van der Waals surface area contributed by atoms with Crippen molar-refractivity contribution in [2.24, 2.45) is 0 Å². The number of amides is 1. The lowest BCUT2D eigenvalue weighted by Gasteiger charge is -2.18. The number of phenols is 2. The Morgan fingerprint density at radius 1 is 1.22 bits per heavy atom. The Labute approximate surface area is 112 Å². The van der Waals surface area contributed by atoms with Crippen LogP contribution in [-0.2, 0) is 0 Å². The highest BCUT2D eigenvalue weighted by atomic mass is 35.5. The van der Waals surface area contributed by atoms with Crippen LogP contribution in [0.25, 0.3) is 0 Å². The Balaban J connectivity index is 2.63. The Kier molecular flexibility index (Phi) is 5.78. The van der Waals surface area contributed by atoms with Gasteiger partial charge in [-0.2, -0.15) is 0 Å². The normalized spacial score (nSPS) is 10.3. The van der Waals surface area contributed by atoms with Crippen LogP contribution in [0.1, 0.15) is 29.6 Å². The lowest BCUT2D eigenvalue weighted by Crippen LogP contribution is -2.27. The van der Waals surface area contributed by atoms with Gasteiger partial charge in [0.05, 0.1) is 0 Å². The van der Waals surface area contributed by atoms with E-state index in [1.807, 2.05) is 0 Å². The van der Waals surface area contributed by atoms with Crippen LogP contribution in [-0.4, -0.2) is 40.5 Å². The molecule has 0 bridgehead atoms. The molecule has 1 rings (SSSR count). The fraction of sp³-hybridized carbons (Fsp3) is 0.462. The Bertz CT molecular complexity index is 389. The van der Waals surface area contributed by atoms with Crippen LogP contribution in [0.3, 0.4) is 0 Å². The van der Waals surface area contributed by atoms with E-state index in [1.165, 1.54) is 23.1 Å². The predicted molar refractivity (Wildman–Crippen MR) is 71.3 cm³/mol. The van der Waals surface area contributed by atoms with Gasteiger partial charge in [0, 0.05) is 19.5 Å². The number of alkyl halides is 1. The van der Waals surface area contributed by atoms with E-state index in [4.69, 9.17) is 11.6 Å². The number of rotatable bonds is 6. The van der Waals surface area contributed by atoms with Crippen molar-refractivity contribution in [3.63, 3.8) is 0 Å². The van der Waals surface area contributed by atoms with Crippen LogP contribution >= 0.6 is 11.6 Å². The first-order chi connectivity index (χ1) is 8.57. The average molecular weight is 272 g/mol. The summed E-state index contributed by atoms with van der Waals surface area (Å²) in [5.74, 6) is -0.158. The van der Waals surface area contributed by atoms with Gasteiger partial charge in [0.15, 0.2) is 0 Å². The molecule has 0 radical (unpaired) electrons. The summed E-state index contributed by atoms with van der Waals surface area (Å²) >= 11 is 5.57. The minimum absolute atomic E-state index is 0.0441. The molecule has 0 aliphatic heterocycles. The fourth-order valence-corrected chi connectivity index (χ4v) is 1.85.